The maximum Gasteiger partial charge on any atom is 0.256 e. The van der Waals surface area contributed by atoms with Gasteiger partial charge >= 0.3 is 0 Å². The zero-order chi connectivity index (χ0) is 11.6. The fraction of sp³-hybridized carbons (Fsp3) is 0.417. The molecule has 2 rings (SSSR count). The molecule has 0 saturated carbocycles. The number of halogens is 1. The average molecular weight is 222 g/mol. The van der Waals surface area contributed by atoms with Crippen molar-refractivity contribution in [3.8, 4) is 0 Å². The van der Waals surface area contributed by atoms with Crippen LogP contribution in [0.25, 0.3) is 0 Å². The Labute approximate surface area is 94.0 Å². The second-order valence-corrected chi connectivity index (χ2v) is 4.28. The van der Waals surface area contributed by atoms with Crippen molar-refractivity contribution in [1.82, 2.24) is 4.90 Å². The number of hydrogen-bond acceptors (Lipinski definition) is 2. The van der Waals surface area contributed by atoms with E-state index in [1.165, 1.54) is 0 Å². The lowest BCUT2D eigenvalue weighted by atomic mass is 10.1. The van der Waals surface area contributed by atoms with Gasteiger partial charge < -0.3 is 5.73 Å². The van der Waals surface area contributed by atoms with Gasteiger partial charge in [0, 0.05) is 26.1 Å². The van der Waals surface area contributed by atoms with Crippen molar-refractivity contribution in [3.63, 3.8) is 0 Å². The number of rotatable bonds is 3. The fourth-order valence-corrected chi connectivity index (χ4v) is 2.03. The van der Waals surface area contributed by atoms with Crippen LogP contribution in [0.5, 0.6) is 0 Å². The quantitative estimate of drug-likeness (QED) is 0.832. The Morgan fingerprint density at radius 2 is 2.12 bits per heavy atom. The highest BCUT2D eigenvalue weighted by Crippen LogP contribution is 2.26. The van der Waals surface area contributed by atoms with Crippen molar-refractivity contribution in [2.24, 2.45) is 5.73 Å². The fourth-order valence-electron chi connectivity index (χ4n) is 2.03. The van der Waals surface area contributed by atoms with Gasteiger partial charge in [0.2, 0.25) is 5.67 Å². The van der Waals surface area contributed by atoms with Crippen LogP contribution in [-0.4, -0.2) is 29.6 Å². The van der Waals surface area contributed by atoms with Crippen molar-refractivity contribution >= 4 is 5.91 Å². The second kappa shape index (κ2) is 4.22. The van der Waals surface area contributed by atoms with Gasteiger partial charge in [0.05, 0.1) is 0 Å². The number of alkyl halides is 1. The minimum Gasteiger partial charge on any atom is -0.367 e. The molecule has 1 aliphatic rings. The number of likely N-dealkylation sites (tertiary alicyclic amines) is 1. The number of primary amides is 1. The van der Waals surface area contributed by atoms with Crippen LogP contribution in [0, 0.1) is 0 Å². The van der Waals surface area contributed by atoms with Gasteiger partial charge in [0.1, 0.15) is 0 Å². The van der Waals surface area contributed by atoms with Crippen molar-refractivity contribution in [2.45, 2.75) is 18.6 Å². The van der Waals surface area contributed by atoms with Crippen LogP contribution in [0.3, 0.4) is 0 Å². The molecule has 1 atom stereocenters. The summed E-state index contributed by atoms with van der Waals surface area (Å²) < 4.78 is 13.9. The lowest BCUT2D eigenvalue weighted by molar-refractivity contribution is -0.128. The molecule has 1 aromatic carbocycles. The van der Waals surface area contributed by atoms with Gasteiger partial charge in [0.25, 0.3) is 5.91 Å². The first-order chi connectivity index (χ1) is 7.60. The molecule has 1 heterocycles. The third kappa shape index (κ3) is 2.22. The Kier molecular flexibility index (Phi) is 2.92. The average Bonchev–Trinajstić information content (AvgIpc) is 2.63. The van der Waals surface area contributed by atoms with Gasteiger partial charge in [0.15, 0.2) is 0 Å². The van der Waals surface area contributed by atoms with Crippen molar-refractivity contribution in [3.05, 3.63) is 35.9 Å². The zero-order valence-electron chi connectivity index (χ0n) is 9.03. The zero-order valence-corrected chi connectivity index (χ0v) is 9.03. The van der Waals surface area contributed by atoms with Gasteiger partial charge in [-0.05, 0) is 5.56 Å². The number of nitrogens with zero attached hydrogens (tertiary/aromatic N) is 1. The van der Waals surface area contributed by atoms with E-state index in [1.807, 2.05) is 35.2 Å². The molecule has 86 valence electrons. The molecule has 4 heteroatoms. The lowest BCUT2D eigenvalue weighted by Gasteiger charge is -2.17. The molecule has 3 nitrogen and oxygen atoms in total. The van der Waals surface area contributed by atoms with Gasteiger partial charge in [-0.15, -0.1) is 0 Å². The van der Waals surface area contributed by atoms with Crippen LogP contribution < -0.4 is 5.73 Å². The second-order valence-electron chi connectivity index (χ2n) is 4.28. The molecule has 1 aromatic rings. The molecule has 0 spiro atoms. The van der Waals surface area contributed by atoms with Gasteiger partial charge in [-0.2, -0.15) is 0 Å². The number of benzene rings is 1. The van der Waals surface area contributed by atoms with Crippen molar-refractivity contribution in [2.75, 3.05) is 13.1 Å². The molecule has 0 radical (unpaired) electrons. The highest BCUT2D eigenvalue weighted by molar-refractivity contribution is 5.84. The van der Waals surface area contributed by atoms with E-state index in [0.29, 0.717) is 13.1 Å². The van der Waals surface area contributed by atoms with Gasteiger partial charge in [-0.1, -0.05) is 30.3 Å². The number of carbonyl (C=O) groups is 1. The highest BCUT2D eigenvalue weighted by Gasteiger charge is 2.43. The van der Waals surface area contributed by atoms with E-state index in [9.17, 15) is 9.18 Å². The van der Waals surface area contributed by atoms with E-state index in [-0.39, 0.29) is 13.0 Å². The summed E-state index contributed by atoms with van der Waals surface area (Å²) >= 11 is 0. The third-order valence-electron chi connectivity index (χ3n) is 2.99. The van der Waals surface area contributed by atoms with E-state index in [4.69, 9.17) is 5.73 Å². The molecule has 1 saturated heterocycles. The summed E-state index contributed by atoms with van der Waals surface area (Å²) in [5.41, 5.74) is 4.33. The Hall–Kier alpha value is -1.42. The molecule has 1 unspecified atom stereocenters. The molecule has 1 aliphatic heterocycles. The standard InChI is InChI=1S/C12H15FN2O/c13-12(11(14)16)6-7-15(9-12)8-10-4-2-1-3-5-10/h1-5H,6-9H2,(H2,14,16). The predicted molar refractivity (Wildman–Crippen MR) is 59.4 cm³/mol. The molecule has 0 bridgehead atoms. The molecule has 0 aromatic heterocycles. The minimum absolute atomic E-state index is 0.108. The van der Waals surface area contributed by atoms with E-state index >= 15 is 0 Å². The van der Waals surface area contributed by atoms with Gasteiger partial charge in [-0.25, -0.2) is 4.39 Å². The van der Waals surface area contributed by atoms with E-state index in [2.05, 4.69) is 0 Å². The summed E-state index contributed by atoms with van der Waals surface area (Å²) in [6.07, 6.45) is 0.204. The first-order valence-electron chi connectivity index (χ1n) is 5.35. The Morgan fingerprint density at radius 3 is 2.69 bits per heavy atom. The predicted octanol–water partition coefficient (Wildman–Crippen LogP) is 1.09. The summed E-state index contributed by atoms with van der Waals surface area (Å²) in [6.45, 7) is 1.35. The lowest BCUT2D eigenvalue weighted by Crippen LogP contribution is -2.42. The van der Waals surface area contributed by atoms with Crippen LogP contribution >= 0.6 is 0 Å². The molecule has 2 N–H and O–H groups in total. The van der Waals surface area contributed by atoms with Crippen LogP contribution in [0.15, 0.2) is 30.3 Å². The summed E-state index contributed by atoms with van der Waals surface area (Å²) in [7, 11) is 0. The highest BCUT2D eigenvalue weighted by atomic mass is 19.1. The van der Waals surface area contributed by atoms with E-state index < -0.39 is 11.6 Å². The van der Waals surface area contributed by atoms with Crippen molar-refractivity contribution < 1.29 is 9.18 Å². The van der Waals surface area contributed by atoms with Gasteiger partial charge in [-0.3, -0.25) is 9.69 Å². The number of hydrogen-bond donors (Lipinski definition) is 1. The molecular formula is C12H15FN2O. The smallest absolute Gasteiger partial charge is 0.256 e. The summed E-state index contributed by atoms with van der Waals surface area (Å²) in [5.74, 6) is -0.844. The molecule has 1 amide bonds. The summed E-state index contributed by atoms with van der Waals surface area (Å²) in [4.78, 5) is 12.9. The topological polar surface area (TPSA) is 46.3 Å². The SMILES string of the molecule is NC(=O)C1(F)CCN(Cc2ccccc2)C1. The monoisotopic (exact) mass is 222 g/mol. The maximum atomic E-state index is 13.9. The Morgan fingerprint density at radius 1 is 1.44 bits per heavy atom. The first-order valence-corrected chi connectivity index (χ1v) is 5.35. The van der Waals surface area contributed by atoms with Crippen LogP contribution in [-0.2, 0) is 11.3 Å². The van der Waals surface area contributed by atoms with Crippen LogP contribution in [0.4, 0.5) is 4.39 Å². The molecule has 0 aliphatic carbocycles. The number of carbonyl (C=O) groups excluding carboxylic acids is 1. The number of nitrogens with two attached hydrogens (primary N) is 1. The third-order valence-corrected chi connectivity index (χ3v) is 2.99. The Bertz CT molecular complexity index is 382. The summed E-state index contributed by atoms with van der Waals surface area (Å²) in [6, 6.07) is 9.81. The summed E-state index contributed by atoms with van der Waals surface area (Å²) in [5, 5.41) is 0. The van der Waals surface area contributed by atoms with E-state index in [0.717, 1.165) is 5.56 Å². The minimum atomic E-state index is -1.84. The van der Waals surface area contributed by atoms with Crippen molar-refractivity contribution in [1.29, 1.82) is 0 Å². The number of amides is 1. The molecule has 1 fully saturated rings. The Balaban J connectivity index is 1.98. The van der Waals surface area contributed by atoms with Crippen LogP contribution in [0.2, 0.25) is 0 Å². The first kappa shape index (κ1) is 11.1. The largest absolute Gasteiger partial charge is 0.367 e. The normalized spacial score (nSPS) is 25.8. The maximum absolute atomic E-state index is 13.9. The molecule has 16 heavy (non-hydrogen) atoms. The van der Waals surface area contributed by atoms with E-state index in [1.54, 1.807) is 0 Å². The molecular weight excluding hydrogens is 207 g/mol. The van der Waals surface area contributed by atoms with Crippen LogP contribution in [0.1, 0.15) is 12.0 Å².